The molecule has 2 aromatic rings. The van der Waals surface area contributed by atoms with Crippen molar-refractivity contribution in [2.24, 2.45) is 0 Å². The molecule has 2 aromatic carbocycles. The maximum absolute atomic E-state index is 5.58. The van der Waals surface area contributed by atoms with E-state index in [-0.39, 0.29) is 0 Å². The fourth-order valence-corrected chi connectivity index (χ4v) is 2.28. The Labute approximate surface area is 115 Å². The fraction of sp³-hybridized carbons (Fsp3) is 0. The number of ether oxygens (including phenoxy) is 4. The molecule has 0 aliphatic carbocycles. The van der Waals surface area contributed by atoms with Gasteiger partial charge in [-0.2, -0.15) is 0 Å². The molecule has 0 radical (unpaired) electrons. The van der Waals surface area contributed by atoms with E-state index in [9.17, 15) is 0 Å². The van der Waals surface area contributed by atoms with E-state index in [0.29, 0.717) is 23.0 Å². The molecular weight excluding hydrogens is 256 g/mol. The van der Waals surface area contributed by atoms with Crippen molar-refractivity contribution in [1.82, 2.24) is 0 Å². The van der Waals surface area contributed by atoms with Crippen LogP contribution in [0.2, 0.25) is 0 Å². The maximum Gasteiger partial charge on any atom is 0.177 e. The summed E-state index contributed by atoms with van der Waals surface area (Å²) >= 11 is 0. The third-order valence-corrected chi connectivity index (χ3v) is 3.12. The van der Waals surface area contributed by atoms with Crippen molar-refractivity contribution in [3.63, 3.8) is 0 Å². The Kier molecular flexibility index (Phi) is 2.39. The van der Waals surface area contributed by atoms with Gasteiger partial charge in [-0.15, -0.1) is 0 Å². The summed E-state index contributed by atoms with van der Waals surface area (Å²) in [5.74, 6) is 2.69. The van der Waals surface area contributed by atoms with Crippen LogP contribution < -0.4 is 18.9 Å². The Morgan fingerprint density at radius 1 is 0.500 bits per heavy atom. The molecule has 0 atom stereocenters. The Morgan fingerprint density at radius 2 is 0.950 bits per heavy atom. The molecule has 2 heterocycles. The highest BCUT2D eigenvalue weighted by molar-refractivity contribution is 5.81. The van der Waals surface area contributed by atoms with Gasteiger partial charge in [0.25, 0.3) is 0 Å². The van der Waals surface area contributed by atoms with Gasteiger partial charge in [0.15, 0.2) is 23.0 Å². The van der Waals surface area contributed by atoms with E-state index in [4.69, 9.17) is 18.9 Å². The number of hydrogen-bond donors (Lipinski definition) is 0. The van der Waals surface area contributed by atoms with Crippen LogP contribution in [-0.4, -0.2) is 0 Å². The lowest BCUT2D eigenvalue weighted by molar-refractivity contribution is 0.358. The number of para-hydroxylation sites is 2. The first-order valence-corrected chi connectivity index (χ1v) is 6.16. The van der Waals surface area contributed by atoms with Crippen molar-refractivity contribution in [3.8, 4) is 34.1 Å². The first-order valence-electron chi connectivity index (χ1n) is 6.16. The second-order valence-corrected chi connectivity index (χ2v) is 4.28. The SMILES string of the molecule is C1=COc2c(cccc2-c2cccc3c2OC=CO3)O1. The molecule has 0 unspecified atom stereocenters. The summed E-state index contributed by atoms with van der Waals surface area (Å²) in [5.41, 5.74) is 1.78. The zero-order valence-electron chi connectivity index (χ0n) is 10.4. The van der Waals surface area contributed by atoms with Gasteiger partial charge in [-0.25, -0.2) is 0 Å². The number of hydrogen-bond acceptors (Lipinski definition) is 4. The standard InChI is InChI=1S/C16H10O4/c1-3-11(15-13(5-1)17-7-9-19-15)12-4-2-6-14-16(12)20-10-8-18-14/h1-10H. The number of rotatable bonds is 1. The van der Waals surface area contributed by atoms with E-state index in [1.54, 1.807) is 0 Å². The van der Waals surface area contributed by atoms with Gasteiger partial charge in [-0.1, -0.05) is 24.3 Å². The normalized spacial score (nSPS) is 14.2. The lowest BCUT2D eigenvalue weighted by Crippen LogP contribution is -2.01. The molecule has 2 aliphatic rings. The molecule has 0 saturated carbocycles. The van der Waals surface area contributed by atoms with E-state index in [1.165, 1.54) is 25.0 Å². The van der Waals surface area contributed by atoms with Crippen LogP contribution >= 0.6 is 0 Å². The Morgan fingerprint density at radius 3 is 1.45 bits per heavy atom. The van der Waals surface area contributed by atoms with E-state index in [1.807, 2.05) is 36.4 Å². The van der Waals surface area contributed by atoms with Crippen molar-refractivity contribution >= 4 is 0 Å². The summed E-state index contributed by atoms with van der Waals surface area (Å²) in [7, 11) is 0. The van der Waals surface area contributed by atoms with Gasteiger partial charge >= 0.3 is 0 Å². The third kappa shape index (κ3) is 1.62. The zero-order valence-corrected chi connectivity index (χ0v) is 10.4. The minimum Gasteiger partial charge on any atom is -0.458 e. The highest BCUT2D eigenvalue weighted by Gasteiger charge is 2.20. The quantitative estimate of drug-likeness (QED) is 0.785. The Balaban J connectivity index is 1.92. The predicted octanol–water partition coefficient (Wildman–Crippen LogP) is 3.84. The second kappa shape index (κ2) is 4.35. The topological polar surface area (TPSA) is 36.9 Å². The van der Waals surface area contributed by atoms with Crippen molar-refractivity contribution in [2.75, 3.05) is 0 Å². The van der Waals surface area contributed by atoms with Crippen molar-refractivity contribution in [1.29, 1.82) is 0 Å². The lowest BCUT2D eigenvalue weighted by Gasteiger charge is -2.19. The molecular formula is C16H10O4. The van der Waals surface area contributed by atoms with Crippen molar-refractivity contribution in [3.05, 3.63) is 61.4 Å². The smallest absolute Gasteiger partial charge is 0.177 e. The lowest BCUT2D eigenvalue weighted by atomic mass is 10.0. The summed E-state index contributed by atoms with van der Waals surface area (Å²) < 4.78 is 22.0. The maximum atomic E-state index is 5.58. The van der Waals surface area contributed by atoms with Gasteiger partial charge in [0, 0.05) is 11.1 Å². The summed E-state index contributed by atoms with van der Waals surface area (Å²) in [6, 6.07) is 11.5. The molecule has 0 amide bonds. The van der Waals surface area contributed by atoms with Crippen molar-refractivity contribution in [2.45, 2.75) is 0 Å². The van der Waals surface area contributed by atoms with Crippen LogP contribution in [0.5, 0.6) is 23.0 Å². The molecule has 4 heteroatoms. The van der Waals surface area contributed by atoms with Crippen molar-refractivity contribution < 1.29 is 18.9 Å². The van der Waals surface area contributed by atoms with E-state index < -0.39 is 0 Å². The van der Waals surface area contributed by atoms with Crippen LogP contribution in [0.4, 0.5) is 0 Å². The average Bonchev–Trinajstić information content (AvgIpc) is 2.54. The molecule has 0 N–H and O–H groups in total. The molecule has 0 spiro atoms. The van der Waals surface area contributed by atoms with E-state index in [2.05, 4.69) is 0 Å². The third-order valence-electron chi connectivity index (χ3n) is 3.12. The van der Waals surface area contributed by atoms with Gasteiger partial charge in [0.05, 0.1) is 0 Å². The minimum absolute atomic E-state index is 0.668. The zero-order chi connectivity index (χ0) is 13.4. The van der Waals surface area contributed by atoms with Crippen LogP contribution in [0.15, 0.2) is 61.4 Å². The summed E-state index contributed by atoms with van der Waals surface area (Å²) in [6.45, 7) is 0. The van der Waals surface area contributed by atoms with E-state index in [0.717, 1.165) is 11.1 Å². The molecule has 0 saturated heterocycles. The van der Waals surface area contributed by atoms with Gasteiger partial charge < -0.3 is 18.9 Å². The van der Waals surface area contributed by atoms with Gasteiger partial charge in [0.1, 0.15) is 25.0 Å². The average molecular weight is 266 g/mol. The summed E-state index contributed by atoms with van der Waals surface area (Å²) in [5, 5.41) is 0. The van der Waals surface area contributed by atoms with Gasteiger partial charge in [-0.05, 0) is 12.1 Å². The van der Waals surface area contributed by atoms with Crippen LogP contribution in [-0.2, 0) is 0 Å². The first kappa shape index (κ1) is 11.0. The van der Waals surface area contributed by atoms with Crippen LogP contribution in [0.1, 0.15) is 0 Å². The summed E-state index contributed by atoms with van der Waals surface area (Å²) in [6.07, 6.45) is 6.04. The van der Waals surface area contributed by atoms with Crippen LogP contribution in [0, 0.1) is 0 Å². The molecule has 0 fully saturated rings. The largest absolute Gasteiger partial charge is 0.458 e. The van der Waals surface area contributed by atoms with Crippen LogP contribution in [0.25, 0.3) is 11.1 Å². The van der Waals surface area contributed by atoms with Gasteiger partial charge in [-0.3, -0.25) is 0 Å². The summed E-state index contributed by atoms with van der Waals surface area (Å²) in [4.78, 5) is 0. The highest BCUT2D eigenvalue weighted by atomic mass is 16.6. The highest BCUT2D eigenvalue weighted by Crippen LogP contribution is 2.46. The number of fused-ring (bicyclic) bond motifs is 2. The molecule has 4 nitrogen and oxygen atoms in total. The predicted molar refractivity (Wildman–Crippen MR) is 72.7 cm³/mol. The molecule has 2 aliphatic heterocycles. The molecule has 98 valence electrons. The van der Waals surface area contributed by atoms with Gasteiger partial charge in [0.2, 0.25) is 0 Å². The molecule has 0 bridgehead atoms. The Hall–Kier alpha value is -2.88. The minimum atomic E-state index is 0.668. The second-order valence-electron chi connectivity index (χ2n) is 4.28. The molecule has 4 rings (SSSR count). The van der Waals surface area contributed by atoms with Crippen LogP contribution in [0.3, 0.4) is 0 Å². The Bertz CT molecular complexity index is 668. The first-order chi connectivity index (χ1) is 9.93. The number of benzene rings is 2. The monoisotopic (exact) mass is 266 g/mol. The van der Waals surface area contributed by atoms with E-state index >= 15 is 0 Å². The fourth-order valence-electron chi connectivity index (χ4n) is 2.28. The molecule has 20 heavy (non-hydrogen) atoms. The molecule has 0 aromatic heterocycles.